The molecular weight excluding hydrogens is 256 g/mol. The summed E-state index contributed by atoms with van der Waals surface area (Å²) < 4.78 is 5.42. The molecule has 1 aromatic heterocycles. The van der Waals surface area contributed by atoms with Gasteiger partial charge in [-0.1, -0.05) is 17.7 Å². The molecule has 0 unspecified atom stereocenters. The van der Waals surface area contributed by atoms with Gasteiger partial charge in [-0.05, 0) is 24.6 Å². The molecule has 0 atom stereocenters. The minimum Gasteiger partial charge on any atom is -0.477 e. The molecule has 6 heteroatoms. The zero-order valence-corrected chi connectivity index (χ0v) is 10.2. The van der Waals surface area contributed by atoms with Gasteiger partial charge >= 0.3 is 5.97 Å². The van der Waals surface area contributed by atoms with Crippen molar-refractivity contribution in [2.75, 3.05) is 0 Å². The maximum atomic E-state index is 11.0. The monoisotopic (exact) mass is 264 g/mol. The minimum absolute atomic E-state index is 0.0370. The van der Waals surface area contributed by atoms with Crippen molar-refractivity contribution in [3.8, 4) is 11.6 Å². The highest BCUT2D eigenvalue weighted by atomic mass is 35.5. The molecule has 0 spiro atoms. The Morgan fingerprint density at radius 2 is 2.22 bits per heavy atom. The van der Waals surface area contributed by atoms with E-state index in [2.05, 4.69) is 9.97 Å². The first-order valence-electron chi connectivity index (χ1n) is 5.05. The molecule has 0 aliphatic carbocycles. The third-order valence-electron chi connectivity index (χ3n) is 2.20. The molecular formula is C12H9ClN2O3. The highest BCUT2D eigenvalue weighted by Crippen LogP contribution is 2.30. The third kappa shape index (κ3) is 2.57. The van der Waals surface area contributed by atoms with Crippen molar-refractivity contribution in [3.05, 3.63) is 46.9 Å². The van der Waals surface area contributed by atoms with E-state index in [1.807, 2.05) is 13.0 Å². The lowest BCUT2D eigenvalue weighted by Gasteiger charge is -2.08. The van der Waals surface area contributed by atoms with Crippen LogP contribution < -0.4 is 4.74 Å². The van der Waals surface area contributed by atoms with Gasteiger partial charge in [0, 0.05) is 6.20 Å². The summed E-state index contributed by atoms with van der Waals surface area (Å²) in [7, 11) is 0. The fourth-order valence-electron chi connectivity index (χ4n) is 1.34. The highest BCUT2D eigenvalue weighted by Gasteiger charge is 2.14. The maximum absolute atomic E-state index is 11.0. The second-order valence-corrected chi connectivity index (χ2v) is 3.99. The maximum Gasteiger partial charge on any atom is 0.342 e. The molecule has 2 aromatic rings. The smallest absolute Gasteiger partial charge is 0.342 e. The van der Waals surface area contributed by atoms with Gasteiger partial charge < -0.3 is 9.84 Å². The molecule has 0 fully saturated rings. The van der Waals surface area contributed by atoms with Crippen molar-refractivity contribution in [1.82, 2.24) is 9.97 Å². The molecule has 0 amide bonds. The van der Waals surface area contributed by atoms with Gasteiger partial charge in [0.25, 0.3) is 0 Å². The van der Waals surface area contributed by atoms with E-state index in [-0.39, 0.29) is 11.4 Å². The Balaban J connectivity index is 2.40. The largest absolute Gasteiger partial charge is 0.477 e. The summed E-state index contributed by atoms with van der Waals surface area (Å²) in [5.41, 5.74) is 0.829. The summed E-state index contributed by atoms with van der Waals surface area (Å²) in [5, 5.41) is 9.36. The first kappa shape index (κ1) is 12.3. The molecule has 1 heterocycles. The quantitative estimate of drug-likeness (QED) is 0.923. The number of nitrogens with zero attached hydrogens (tertiary/aromatic N) is 2. The van der Waals surface area contributed by atoms with Crippen LogP contribution in [0.5, 0.6) is 11.6 Å². The number of carbonyl (C=O) groups is 1. The van der Waals surface area contributed by atoms with E-state index >= 15 is 0 Å². The van der Waals surface area contributed by atoms with Crippen molar-refractivity contribution >= 4 is 17.6 Å². The number of carboxylic acid groups (broad SMARTS) is 1. The number of halogens is 1. The van der Waals surface area contributed by atoms with Crippen LogP contribution >= 0.6 is 11.6 Å². The number of carboxylic acids is 1. The first-order valence-corrected chi connectivity index (χ1v) is 5.43. The summed E-state index contributed by atoms with van der Waals surface area (Å²) in [6, 6.07) is 5.21. The average molecular weight is 265 g/mol. The Kier molecular flexibility index (Phi) is 3.43. The average Bonchev–Trinajstić information content (AvgIpc) is 2.34. The number of rotatable bonds is 3. The van der Waals surface area contributed by atoms with Crippen molar-refractivity contribution in [2.24, 2.45) is 0 Å². The number of aryl methyl sites for hydroxylation is 1. The molecule has 0 bridgehead atoms. The lowest BCUT2D eigenvalue weighted by atomic mass is 10.2. The van der Waals surface area contributed by atoms with Crippen LogP contribution in [0.3, 0.4) is 0 Å². The van der Waals surface area contributed by atoms with Gasteiger partial charge in [0.15, 0.2) is 0 Å². The molecule has 92 valence electrons. The Morgan fingerprint density at radius 3 is 2.94 bits per heavy atom. The van der Waals surface area contributed by atoms with Crippen LogP contribution in [0.2, 0.25) is 5.02 Å². The van der Waals surface area contributed by atoms with E-state index in [9.17, 15) is 4.79 Å². The van der Waals surface area contributed by atoms with Crippen LogP contribution in [0.25, 0.3) is 0 Å². The molecule has 0 saturated heterocycles. The van der Waals surface area contributed by atoms with Gasteiger partial charge in [0.05, 0.1) is 5.02 Å². The fourth-order valence-corrected chi connectivity index (χ4v) is 1.50. The van der Waals surface area contributed by atoms with Crippen LogP contribution in [0.4, 0.5) is 0 Å². The second kappa shape index (κ2) is 5.01. The Hall–Kier alpha value is -2.14. The fraction of sp³-hybridized carbons (Fsp3) is 0.0833. The third-order valence-corrected chi connectivity index (χ3v) is 2.51. The molecule has 0 radical (unpaired) electrons. The molecule has 18 heavy (non-hydrogen) atoms. The highest BCUT2D eigenvalue weighted by molar-refractivity contribution is 6.32. The standard InChI is InChI=1S/C12H9ClN2O3/c1-7-2-3-9(13)10(4-7)18-11-8(12(16)17)5-14-6-15-11/h2-6H,1H3,(H,16,17). The first-order chi connectivity index (χ1) is 8.58. The topological polar surface area (TPSA) is 72.3 Å². The van der Waals surface area contributed by atoms with Crippen LogP contribution in [0.15, 0.2) is 30.7 Å². The molecule has 1 N–H and O–H groups in total. The van der Waals surface area contributed by atoms with Crippen molar-refractivity contribution < 1.29 is 14.6 Å². The van der Waals surface area contributed by atoms with E-state index in [4.69, 9.17) is 21.4 Å². The summed E-state index contributed by atoms with van der Waals surface area (Å²) in [6.07, 6.45) is 2.39. The van der Waals surface area contributed by atoms with Crippen LogP contribution in [-0.4, -0.2) is 21.0 Å². The number of hydrogen-bond acceptors (Lipinski definition) is 4. The number of aromatic nitrogens is 2. The molecule has 2 rings (SSSR count). The van der Waals surface area contributed by atoms with Crippen LogP contribution in [0, 0.1) is 6.92 Å². The van der Waals surface area contributed by atoms with E-state index < -0.39 is 5.97 Å². The zero-order valence-electron chi connectivity index (χ0n) is 9.42. The predicted octanol–water partition coefficient (Wildman–Crippen LogP) is 2.93. The van der Waals surface area contributed by atoms with Crippen molar-refractivity contribution in [3.63, 3.8) is 0 Å². The number of hydrogen-bond donors (Lipinski definition) is 1. The van der Waals surface area contributed by atoms with Crippen LogP contribution in [0.1, 0.15) is 15.9 Å². The zero-order chi connectivity index (χ0) is 13.1. The van der Waals surface area contributed by atoms with Gasteiger partial charge in [-0.2, -0.15) is 0 Å². The minimum atomic E-state index is -1.16. The van der Waals surface area contributed by atoms with Crippen molar-refractivity contribution in [2.45, 2.75) is 6.92 Å². The van der Waals surface area contributed by atoms with Gasteiger partial charge in [0.2, 0.25) is 5.88 Å². The normalized spacial score (nSPS) is 10.1. The Morgan fingerprint density at radius 1 is 1.44 bits per heavy atom. The van der Waals surface area contributed by atoms with E-state index in [1.165, 1.54) is 12.5 Å². The van der Waals surface area contributed by atoms with E-state index in [0.29, 0.717) is 10.8 Å². The molecule has 0 aliphatic heterocycles. The molecule has 5 nitrogen and oxygen atoms in total. The number of benzene rings is 1. The van der Waals surface area contributed by atoms with Crippen LogP contribution in [-0.2, 0) is 0 Å². The second-order valence-electron chi connectivity index (χ2n) is 3.58. The lowest BCUT2D eigenvalue weighted by molar-refractivity contribution is 0.0693. The van der Waals surface area contributed by atoms with E-state index in [1.54, 1.807) is 12.1 Å². The summed E-state index contributed by atoms with van der Waals surface area (Å²) >= 11 is 5.96. The Labute approximate surface area is 108 Å². The number of ether oxygens (including phenoxy) is 1. The summed E-state index contributed by atoms with van der Waals surface area (Å²) in [6.45, 7) is 1.88. The van der Waals surface area contributed by atoms with Gasteiger partial charge in [-0.25, -0.2) is 14.8 Å². The SMILES string of the molecule is Cc1ccc(Cl)c(Oc2ncncc2C(=O)O)c1. The molecule has 0 saturated carbocycles. The van der Waals surface area contributed by atoms with Crippen molar-refractivity contribution in [1.29, 1.82) is 0 Å². The molecule has 0 aliphatic rings. The lowest BCUT2D eigenvalue weighted by Crippen LogP contribution is -2.02. The number of aromatic carboxylic acids is 1. The summed E-state index contributed by atoms with van der Waals surface area (Å²) in [5.74, 6) is -0.836. The predicted molar refractivity (Wildman–Crippen MR) is 65.3 cm³/mol. The van der Waals surface area contributed by atoms with Gasteiger partial charge in [0.1, 0.15) is 17.6 Å². The van der Waals surface area contributed by atoms with Gasteiger partial charge in [-0.15, -0.1) is 0 Å². The Bertz CT molecular complexity index is 602. The van der Waals surface area contributed by atoms with E-state index in [0.717, 1.165) is 5.56 Å². The molecule has 1 aromatic carbocycles. The summed E-state index contributed by atoms with van der Waals surface area (Å²) in [4.78, 5) is 18.4. The van der Waals surface area contributed by atoms with Gasteiger partial charge in [-0.3, -0.25) is 0 Å².